The maximum Gasteiger partial charge on any atom is 0.314 e. The van der Waals surface area contributed by atoms with Crippen LogP contribution >= 0.6 is 0 Å². The quantitative estimate of drug-likeness (QED) is 0.276. The van der Waals surface area contributed by atoms with Crippen molar-refractivity contribution in [3.05, 3.63) is 93.6 Å². The molecule has 3 aromatic heterocycles. The summed E-state index contributed by atoms with van der Waals surface area (Å²) in [5.74, 6) is -0.777. The average Bonchev–Trinajstić information content (AvgIpc) is 3.66. The molecule has 5 heterocycles. The zero-order chi connectivity index (χ0) is 32.2. The second kappa shape index (κ2) is 11.5. The lowest BCUT2D eigenvalue weighted by molar-refractivity contribution is -0.145. The molecule has 3 aromatic rings. The molecule has 0 saturated heterocycles. The maximum absolute atomic E-state index is 13.4. The van der Waals surface area contributed by atoms with E-state index in [9.17, 15) is 4.79 Å². The van der Waals surface area contributed by atoms with Gasteiger partial charge in [0.2, 0.25) is 0 Å². The van der Waals surface area contributed by atoms with E-state index in [1.54, 1.807) is 0 Å². The summed E-state index contributed by atoms with van der Waals surface area (Å²) in [5, 5.41) is 0. The van der Waals surface area contributed by atoms with Crippen LogP contribution in [-0.4, -0.2) is 33.0 Å². The van der Waals surface area contributed by atoms with Crippen molar-refractivity contribution in [1.82, 2.24) is 19.9 Å². The van der Waals surface area contributed by atoms with Crippen molar-refractivity contribution in [2.24, 2.45) is 5.92 Å². The van der Waals surface area contributed by atoms with Crippen molar-refractivity contribution in [3.63, 3.8) is 0 Å². The van der Waals surface area contributed by atoms with Gasteiger partial charge in [0.25, 0.3) is 0 Å². The molecule has 232 valence electrons. The van der Waals surface area contributed by atoms with E-state index >= 15 is 0 Å². The standard InChI is InChI=1S/C39H44N4O2/c1-10-13-26-23(6)30-17-29-22(5)25(12-3)34(42-29)20-36-39(8)28(16-15-21(4)37(39)38(44)45-9)35(43-36)18-31-24(7)27(14-11-2)33(41-31)19-32(26)40-30/h12,15-20,37,40,42H,3,10-11,13-14H2,1-2,4-9H3. The van der Waals surface area contributed by atoms with Crippen LogP contribution in [0.3, 0.4) is 0 Å². The number of fused-ring (bicyclic) bond motifs is 11. The summed E-state index contributed by atoms with van der Waals surface area (Å²) in [6.07, 6.45) is 10.1. The number of aryl methyl sites for hydroxylation is 3. The lowest BCUT2D eigenvalue weighted by Crippen LogP contribution is -2.39. The van der Waals surface area contributed by atoms with Gasteiger partial charge in [0, 0.05) is 27.6 Å². The molecule has 0 aromatic carbocycles. The van der Waals surface area contributed by atoms with Gasteiger partial charge in [-0.05, 0) is 105 Å². The molecular weight excluding hydrogens is 556 g/mol. The van der Waals surface area contributed by atoms with Crippen molar-refractivity contribution in [3.8, 4) is 0 Å². The highest BCUT2D eigenvalue weighted by Gasteiger charge is 2.51. The zero-order valence-corrected chi connectivity index (χ0v) is 27.9. The van der Waals surface area contributed by atoms with E-state index in [0.717, 1.165) is 92.8 Å². The Hall–Kier alpha value is -4.45. The number of esters is 1. The summed E-state index contributed by atoms with van der Waals surface area (Å²) in [5.41, 5.74) is 16.0. The molecule has 0 saturated carbocycles. The van der Waals surface area contributed by atoms with E-state index in [-0.39, 0.29) is 5.97 Å². The zero-order valence-electron chi connectivity index (χ0n) is 27.9. The minimum Gasteiger partial charge on any atom is -0.469 e. The summed E-state index contributed by atoms with van der Waals surface area (Å²) in [6, 6.07) is 8.65. The average molecular weight is 601 g/mol. The molecule has 6 rings (SSSR count). The SMILES string of the molecule is C=Cc1c(C)c2cc3[nH]c(cc4nc(cc5nc(cc1[nH]2)C1(C)C5=CC=C(C)C1C(=O)OC)C(C)=C4CCC)c(CCC)c3C. The topological polar surface area (TPSA) is 83.7 Å². The predicted octanol–water partition coefficient (Wildman–Crippen LogP) is 9.35. The third-order valence-electron chi connectivity index (χ3n) is 10.1. The van der Waals surface area contributed by atoms with Crippen LogP contribution in [0.1, 0.15) is 98.9 Å². The van der Waals surface area contributed by atoms with Crippen molar-refractivity contribution in [2.75, 3.05) is 7.11 Å². The summed E-state index contributed by atoms with van der Waals surface area (Å²) in [4.78, 5) is 31.4. The smallest absolute Gasteiger partial charge is 0.314 e. The number of methoxy groups -OCH3 is 1. The Bertz CT molecular complexity index is 2020. The number of nitrogens with one attached hydrogen (secondary N) is 2. The molecule has 6 nitrogen and oxygen atoms in total. The Balaban J connectivity index is 1.80. The fourth-order valence-electron chi connectivity index (χ4n) is 7.56. The van der Waals surface area contributed by atoms with Crippen molar-refractivity contribution >= 4 is 50.8 Å². The van der Waals surface area contributed by atoms with Crippen LogP contribution in [-0.2, 0) is 21.4 Å². The van der Waals surface area contributed by atoms with E-state index in [1.165, 1.54) is 29.4 Å². The van der Waals surface area contributed by atoms with E-state index in [2.05, 4.69) is 88.4 Å². The number of ether oxygens (including phenoxy) is 1. The van der Waals surface area contributed by atoms with Gasteiger partial charge in [0.15, 0.2) is 0 Å². The Kier molecular flexibility index (Phi) is 7.80. The number of hydrogen-bond acceptors (Lipinski definition) is 4. The van der Waals surface area contributed by atoms with Crippen molar-refractivity contribution < 1.29 is 9.53 Å². The number of nitrogens with zero attached hydrogens (tertiary/aromatic N) is 2. The van der Waals surface area contributed by atoms with Crippen LogP contribution < -0.4 is 0 Å². The molecule has 0 radical (unpaired) electrons. The highest BCUT2D eigenvalue weighted by molar-refractivity contribution is 5.94. The van der Waals surface area contributed by atoms with Gasteiger partial charge in [-0.2, -0.15) is 0 Å². The minimum absolute atomic E-state index is 0.267. The number of aromatic amines is 2. The van der Waals surface area contributed by atoms with Crippen LogP contribution in [0.4, 0.5) is 0 Å². The van der Waals surface area contributed by atoms with Crippen LogP contribution in [0.5, 0.6) is 0 Å². The number of allylic oxidation sites excluding steroid dienone is 5. The first kappa shape index (κ1) is 30.6. The molecule has 45 heavy (non-hydrogen) atoms. The molecule has 8 bridgehead atoms. The molecule has 2 aliphatic heterocycles. The number of aromatic nitrogens is 4. The Labute approximate surface area is 266 Å². The normalized spacial score (nSPS) is 19.2. The summed E-state index contributed by atoms with van der Waals surface area (Å²) >= 11 is 0. The summed E-state index contributed by atoms with van der Waals surface area (Å²) in [6.45, 7) is 19.2. The largest absolute Gasteiger partial charge is 0.469 e. The van der Waals surface area contributed by atoms with Gasteiger partial charge in [-0.15, -0.1) is 0 Å². The lowest BCUT2D eigenvalue weighted by atomic mass is 9.64. The maximum atomic E-state index is 13.4. The van der Waals surface area contributed by atoms with E-state index < -0.39 is 11.3 Å². The van der Waals surface area contributed by atoms with Crippen LogP contribution in [0.2, 0.25) is 0 Å². The van der Waals surface area contributed by atoms with Gasteiger partial charge < -0.3 is 14.7 Å². The van der Waals surface area contributed by atoms with Gasteiger partial charge in [0.1, 0.15) is 0 Å². The van der Waals surface area contributed by atoms with Gasteiger partial charge in [-0.25, -0.2) is 4.98 Å². The molecule has 0 amide bonds. The molecule has 1 aliphatic carbocycles. The van der Waals surface area contributed by atoms with Gasteiger partial charge in [0.05, 0.1) is 41.2 Å². The Morgan fingerprint density at radius 2 is 1.60 bits per heavy atom. The Morgan fingerprint density at radius 1 is 0.889 bits per heavy atom. The molecular formula is C39H44N4O2. The van der Waals surface area contributed by atoms with Crippen LogP contribution in [0, 0.1) is 19.8 Å². The second-order valence-corrected chi connectivity index (χ2v) is 12.8. The highest BCUT2D eigenvalue weighted by Crippen LogP contribution is 2.52. The number of H-pyrrole nitrogens is 2. The molecule has 2 atom stereocenters. The first-order chi connectivity index (χ1) is 21.6. The first-order valence-electron chi connectivity index (χ1n) is 16.1. The Morgan fingerprint density at radius 3 is 2.29 bits per heavy atom. The van der Waals surface area contributed by atoms with Crippen molar-refractivity contribution in [1.29, 1.82) is 0 Å². The van der Waals surface area contributed by atoms with Crippen molar-refractivity contribution in [2.45, 2.75) is 79.6 Å². The van der Waals surface area contributed by atoms with E-state index in [0.29, 0.717) is 0 Å². The fourth-order valence-corrected chi connectivity index (χ4v) is 7.56. The third-order valence-corrected chi connectivity index (χ3v) is 10.1. The summed E-state index contributed by atoms with van der Waals surface area (Å²) in [7, 11) is 1.46. The van der Waals surface area contributed by atoms with Gasteiger partial charge in [-0.1, -0.05) is 57.1 Å². The molecule has 6 heteroatoms. The molecule has 2 N–H and O–H groups in total. The second-order valence-electron chi connectivity index (χ2n) is 12.8. The van der Waals surface area contributed by atoms with Gasteiger partial charge in [-0.3, -0.25) is 9.78 Å². The van der Waals surface area contributed by atoms with E-state index in [4.69, 9.17) is 14.7 Å². The summed E-state index contributed by atoms with van der Waals surface area (Å²) < 4.78 is 5.38. The first-order valence-corrected chi connectivity index (χ1v) is 16.1. The van der Waals surface area contributed by atoms with Crippen LogP contribution in [0.15, 0.2) is 48.6 Å². The molecule has 2 unspecified atom stereocenters. The number of carbonyl (C=O) groups is 1. The third kappa shape index (κ3) is 4.73. The van der Waals surface area contributed by atoms with Crippen LogP contribution in [0.25, 0.3) is 44.9 Å². The number of carbonyl (C=O) groups excluding carboxylic acids is 1. The number of rotatable bonds is 6. The number of hydrogen-bond donors (Lipinski definition) is 2. The highest BCUT2D eigenvalue weighted by atomic mass is 16.5. The molecule has 0 spiro atoms. The monoisotopic (exact) mass is 600 g/mol. The minimum atomic E-state index is -0.728. The predicted molar refractivity (Wildman–Crippen MR) is 187 cm³/mol. The van der Waals surface area contributed by atoms with E-state index in [1.807, 2.05) is 19.1 Å². The van der Waals surface area contributed by atoms with Gasteiger partial charge >= 0.3 is 5.97 Å². The molecule has 3 aliphatic rings. The fraction of sp³-hybridized carbons (Fsp3) is 0.359. The molecule has 0 fully saturated rings. The lowest BCUT2D eigenvalue weighted by Gasteiger charge is -2.36.